The van der Waals surface area contributed by atoms with E-state index in [4.69, 9.17) is 13.9 Å². The van der Waals surface area contributed by atoms with Crippen molar-refractivity contribution in [3.05, 3.63) is 47.5 Å². The maximum Gasteiger partial charge on any atom is 0.146 e. The number of methoxy groups -OCH3 is 2. The average Bonchev–Trinajstić information content (AvgIpc) is 3.18. The van der Waals surface area contributed by atoms with Crippen molar-refractivity contribution in [3.8, 4) is 56.9 Å². The van der Waals surface area contributed by atoms with E-state index in [-0.39, 0.29) is 28.7 Å². The lowest BCUT2D eigenvalue weighted by Crippen LogP contribution is -1.95. The molecule has 0 unspecified atom stereocenters. The van der Waals surface area contributed by atoms with Crippen LogP contribution in [0.25, 0.3) is 33.4 Å². The largest absolute Gasteiger partial charge is 0.508 e. The van der Waals surface area contributed by atoms with Gasteiger partial charge in [-0.2, -0.15) is 0 Å². The molecule has 0 aliphatic carbocycles. The SMILES string of the molecule is CCc1c(O)cc(OC)c(-c2c(-c3ccc(O)cc3)oc3c(CC)c(O)cc(OC)c23)c1O. The predicted molar refractivity (Wildman–Crippen MR) is 126 cm³/mol. The summed E-state index contributed by atoms with van der Waals surface area (Å²) in [6, 6.07) is 9.44. The van der Waals surface area contributed by atoms with Gasteiger partial charge in [0.15, 0.2) is 0 Å². The van der Waals surface area contributed by atoms with Crippen LogP contribution in [0.2, 0.25) is 0 Å². The minimum absolute atomic E-state index is 0.0375. The van der Waals surface area contributed by atoms with E-state index in [0.717, 1.165) is 0 Å². The summed E-state index contributed by atoms with van der Waals surface area (Å²) in [5.74, 6) is 0.924. The lowest BCUT2D eigenvalue weighted by atomic mass is 9.92. The van der Waals surface area contributed by atoms with Crippen molar-refractivity contribution >= 4 is 11.0 Å². The molecule has 0 fully saturated rings. The summed E-state index contributed by atoms with van der Waals surface area (Å²) in [5.41, 5.74) is 2.83. The molecule has 7 nitrogen and oxygen atoms in total. The van der Waals surface area contributed by atoms with Crippen molar-refractivity contribution in [3.63, 3.8) is 0 Å². The van der Waals surface area contributed by atoms with Gasteiger partial charge in [0.1, 0.15) is 45.8 Å². The normalized spacial score (nSPS) is 11.2. The second-order valence-corrected chi connectivity index (χ2v) is 7.64. The van der Waals surface area contributed by atoms with E-state index in [0.29, 0.717) is 63.1 Å². The number of hydrogen-bond donors (Lipinski definition) is 4. The van der Waals surface area contributed by atoms with Gasteiger partial charge in [0.2, 0.25) is 0 Å². The van der Waals surface area contributed by atoms with Gasteiger partial charge < -0.3 is 34.3 Å². The minimum atomic E-state index is -0.134. The van der Waals surface area contributed by atoms with Crippen molar-refractivity contribution in [2.24, 2.45) is 0 Å². The third-order valence-electron chi connectivity index (χ3n) is 5.88. The Labute approximate surface area is 191 Å². The zero-order valence-electron chi connectivity index (χ0n) is 18.9. The number of hydrogen-bond acceptors (Lipinski definition) is 7. The molecule has 0 atom stereocenters. The first-order valence-electron chi connectivity index (χ1n) is 10.6. The van der Waals surface area contributed by atoms with Crippen molar-refractivity contribution in [2.45, 2.75) is 26.7 Å². The molecule has 33 heavy (non-hydrogen) atoms. The van der Waals surface area contributed by atoms with Gasteiger partial charge in [-0.3, -0.25) is 0 Å². The molecule has 0 spiro atoms. The number of aryl methyl sites for hydroxylation is 1. The van der Waals surface area contributed by atoms with Gasteiger partial charge in [0.05, 0.1) is 25.2 Å². The first kappa shape index (κ1) is 22.2. The van der Waals surface area contributed by atoms with E-state index in [2.05, 4.69) is 0 Å². The fourth-order valence-corrected chi connectivity index (χ4v) is 4.26. The number of benzene rings is 3. The monoisotopic (exact) mass is 450 g/mol. The highest BCUT2D eigenvalue weighted by molar-refractivity contribution is 6.09. The molecule has 4 rings (SSSR count). The predicted octanol–water partition coefficient (Wildman–Crippen LogP) is 5.73. The Morgan fingerprint density at radius 3 is 1.91 bits per heavy atom. The Kier molecular flexibility index (Phi) is 5.72. The molecule has 0 bridgehead atoms. The van der Waals surface area contributed by atoms with E-state index < -0.39 is 0 Å². The number of phenolic OH excluding ortho intramolecular Hbond substituents is 4. The molecule has 4 aromatic rings. The summed E-state index contributed by atoms with van der Waals surface area (Å²) >= 11 is 0. The Morgan fingerprint density at radius 1 is 0.758 bits per heavy atom. The third kappa shape index (κ3) is 3.46. The van der Waals surface area contributed by atoms with Crippen molar-refractivity contribution < 1.29 is 34.3 Å². The molecule has 3 aromatic carbocycles. The van der Waals surface area contributed by atoms with E-state index >= 15 is 0 Å². The van der Waals surface area contributed by atoms with E-state index in [1.165, 1.54) is 38.5 Å². The molecule has 7 heteroatoms. The molecule has 0 aliphatic heterocycles. The number of rotatable bonds is 6. The average molecular weight is 450 g/mol. The second-order valence-electron chi connectivity index (χ2n) is 7.64. The molecule has 0 saturated carbocycles. The summed E-state index contributed by atoms with van der Waals surface area (Å²) in [4.78, 5) is 0. The molecule has 0 saturated heterocycles. The van der Waals surface area contributed by atoms with Crippen LogP contribution in [-0.4, -0.2) is 34.6 Å². The van der Waals surface area contributed by atoms with Crippen LogP contribution in [-0.2, 0) is 12.8 Å². The first-order valence-corrected chi connectivity index (χ1v) is 10.6. The molecule has 172 valence electrons. The second kappa shape index (κ2) is 8.50. The van der Waals surface area contributed by atoms with Gasteiger partial charge in [-0.1, -0.05) is 13.8 Å². The van der Waals surface area contributed by atoms with Crippen molar-refractivity contribution in [2.75, 3.05) is 14.2 Å². The Morgan fingerprint density at radius 2 is 1.33 bits per heavy atom. The zero-order chi connectivity index (χ0) is 23.9. The maximum atomic E-state index is 11.3. The van der Waals surface area contributed by atoms with Gasteiger partial charge in [0, 0.05) is 34.4 Å². The summed E-state index contributed by atoms with van der Waals surface area (Å²) in [5, 5.41) is 42.6. The third-order valence-corrected chi connectivity index (χ3v) is 5.88. The number of fused-ring (bicyclic) bond motifs is 1. The minimum Gasteiger partial charge on any atom is -0.508 e. The van der Waals surface area contributed by atoms with E-state index in [9.17, 15) is 20.4 Å². The molecule has 0 amide bonds. The molecule has 1 aromatic heterocycles. The zero-order valence-corrected chi connectivity index (χ0v) is 18.9. The fourth-order valence-electron chi connectivity index (χ4n) is 4.26. The number of furan rings is 1. The lowest BCUT2D eigenvalue weighted by Gasteiger charge is -2.16. The highest BCUT2D eigenvalue weighted by Crippen LogP contribution is 2.54. The summed E-state index contributed by atoms with van der Waals surface area (Å²) in [7, 11) is 2.94. The summed E-state index contributed by atoms with van der Waals surface area (Å²) in [6.07, 6.45) is 0.879. The van der Waals surface area contributed by atoms with Gasteiger partial charge in [-0.05, 0) is 37.1 Å². The number of ether oxygens (including phenoxy) is 2. The highest BCUT2D eigenvalue weighted by atomic mass is 16.5. The van der Waals surface area contributed by atoms with E-state index in [1.54, 1.807) is 12.1 Å². The Bertz CT molecular complexity index is 1330. The van der Waals surface area contributed by atoms with Crippen LogP contribution >= 0.6 is 0 Å². The summed E-state index contributed by atoms with van der Waals surface area (Å²) < 4.78 is 17.5. The first-order chi connectivity index (χ1) is 15.9. The van der Waals surface area contributed by atoms with Crippen LogP contribution in [0, 0.1) is 0 Å². The maximum absolute atomic E-state index is 11.3. The van der Waals surface area contributed by atoms with Gasteiger partial charge in [-0.25, -0.2) is 0 Å². The number of phenols is 4. The Hall–Kier alpha value is -4.00. The molecular weight excluding hydrogens is 424 g/mol. The van der Waals surface area contributed by atoms with Gasteiger partial charge in [0.25, 0.3) is 0 Å². The Balaban J connectivity index is 2.25. The van der Waals surface area contributed by atoms with Crippen LogP contribution in [0.15, 0.2) is 40.8 Å². The molecule has 1 heterocycles. The van der Waals surface area contributed by atoms with Crippen LogP contribution in [0.1, 0.15) is 25.0 Å². The molecular formula is C26H26O7. The lowest BCUT2D eigenvalue weighted by molar-refractivity contribution is 0.397. The summed E-state index contributed by atoms with van der Waals surface area (Å²) in [6.45, 7) is 3.73. The van der Waals surface area contributed by atoms with Crippen LogP contribution < -0.4 is 9.47 Å². The van der Waals surface area contributed by atoms with Crippen molar-refractivity contribution in [1.82, 2.24) is 0 Å². The molecule has 0 radical (unpaired) electrons. The van der Waals surface area contributed by atoms with Gasteiger partial charge >= 0.3 is 0 Å². The molecule has 0 aliphatic rings. The topological polar surface area (TPSA) is 113 Å². The van der Waals surface area contributed by atoms with Crippen molar-refractivity contribution in [1.29, 1.82) is 0 Å². The smallest absolute Gasteiger partial charge is 0.146 e. The van der Waals surface area contributed by atoms with Gasteiger partial charge in [-0.15, -0.1) is 0 Å². The molecule has 4 N–H and O–H groups in total. The van der Waals surface area contributed by atoms with Crippen LogP contribution in [0.3, 0.4) is 0 Å². The van der Waals surface area contributed by atoms with Crippen LogP contribution in [0.5, 0.6) is 34.5 Å². The number of aromatic hydroxyl groups is 4. The quantitative estimate of drug-likeness (QED) is 0.297. The van der Waals surface area contributed by atoms with E-state index in [1.807, 2.05) is 13.8 Å². The fraction of sp³-hybridized carbons (Fsp3) is 0.231. The highest BCUT2D eigenvalue weighted by Gasteiger charge is 2.30. The standard InChI is InChI=1S/C26H26O7/c1-5-15-17(28)11-19(31-3)21(24(15)30)23-22-20(32-4)12-18(29)16(6-2)26(22)33-25(23)13-7-9-14(27)10-8-13/h7-12,27-30H,5-6H2,1-4H3. The van der Waals surface area contributed by atoms with Crippen LogP contribution in [0.4, 0.5) is 0 Å².